The monoisotopic (exact) mass is 411 g/mol. The molecule has 4 atom stereocenters. The molecule has 164 valence electrons. The smallest absolute Gasteiger partial charge is 0.320 e. The number of carbonyl (C=O) groups excluding carboxylic acids is 1. The Balaban J connectivity index is 1.16. The molecule has 3 fully saturated rings. The van der Waals surface area contributed by atoms with Crippen molar-refractivity contribution in [1.82, 2.24) is 14.7 Å². The zero-order valence-corrected chi connectivity index (χ0v) is 18.7. The maximum atomic E-state index is 12.8. The summed E-state index contributed by atoms with van der Waals surface area (Å²) in [5, 5.41) is 0. The summed E-state index contributed by atoms with van der Waals surface area (Å²) in [7, 11) is 0. The number of morpholine rings is 1. The number of benzene rings is 1. The molecule has 0 radical (unpaired) electrons. The number of likely N-dealkylation sites (tertiary alicyclic amines) is 1. The number of ether oxygens (including phenoxy) is 1. The number of aryl methyl sites for hydroxylation is 2. The van der Waals surface area contributed by atoms with Crippen LogP contribution in [0.1, 0.15) is 36.5 Å². The maximum absolute atomic E-state index is 12.8. The van der Waals surface area contributed by atoms with E-state index in [9.17, 15) is 4.79 Å². The van der Waals surface area contributed by atoms with E-state index in [1.165, 1.54) is 44.3 Å². The summed E-state index contributed by atoms with van der Waals surface area (Å²) in [6.07, 6.45) is 4.95. The molecule has 1 saturated carbocycles. The van der Waals surface area contributed by atoms with E-state index in [4.69, 9.17) is 4.74 Å². The molecule has 1 aromatic rings. The number of hydrogen-bond donors (Lipinski definition) is 0. The summed E-state index contributed by atoms with van der Waals surface area (Å²) in [5.41, 5.74) is 4.53. The van der Waals surface area contributed by atoms with Crippen LogP contribution >= 0.6 is 0 Å². The lowest BCUT2D eigenvalue weighted by molar-refractivity contribution is 0.0436. The number of urea groups is 1. The zero-order valence-electron chi connectivity index (χ0n) is 18.7. The number of amides is 2. The van der Waals surface area contributed by atoms with Crippen molar-refractivity contribution >= 4 is 6.03 Å². The zero-order chi connectivity index (χ0) is 20.7. The van der Waals surface area contributed by atoms with Gasteiger partial charge >= 0.3 is 6.03 Å². The molecular weight excluding hydrogens is 374 g/mol. The van der Waals surface area contributed by atoms with Crippen LogP contribution in [0.25, 0.3) is 0 Å². The molecule has 5 nitrogen and oxygen atoms in total. The lowest BCUT2D eigenvalue weighted by Crippen LogP contribution is -2.48. The Morgan fingerprint density at radius 3 is 2.63 bits per heavy atom. The number of nitrogens with zero attached hydrogens (tertiary/aromatic N) is 3. The summed E-state index contributed by atoms with van der Waals surface area (Å²) >= 11 is 0. The normalized spacial score (nSPS) is 30.4. The highest BCUT2D eigenvalue weighted by atomic mass is 16.5. The molecule has 4 aliphatic rings. The van der Waals surface area contributed by atoms with Crippen LogP contribution in [0, 0.1) is 24.7 Å². The second-order valence-electron chi connectivity index (χ2n) is 9.94. The Labute approximate surface area is 181 Å². The Bertz CT molecular complexity index is 764. The van der Waals surface area contributed by atoms with Crippen LogP contribution in [0.15, 0.2) is 18.2 Å². The Morgan fingerprint density at radius 2 is 1.90 bits per heavy atom. The number of hydrogen-bond acceptors (Lipinski definition) is 3. The maximum Gasteiger partial charge on any atom is 0.320 e. The highest BCUT2D eigenvalue weighted by Gasteiger charge is 2.57. The Kier molecular flexibility index (Phi) is 5.76. The standard InChI is InChI=1S/C25H37N3O2/c1-3-8-27(21-7-6-19-5-4-18(2)13-20(19)14-21)15-22-23-16-28(17-24(22)23)25(29)26-9-11-30-12-10-26/h4-5,13,21-24H,3,6-12,14-17H2,1-2H3/t21?,22?,23-,24+. The first-order chi connectivity index (χ1) is 14.6. The highest BCUT2D eigenvalue weighted by molar-refractivity contribution is 5.75. The molecule has 0 spiro atoms. The third kappa shape index (κ3) is 3.99. The Hall–Kier alpha value is -1.59. The summed E-state index contributed by atoms with van der Waals surface area (Å²) < 4.78 is 5.39. The fraction of sp³-hybridized carbons (Fsp3) is 0.720. The number of piperidine rings is 1. The lowest BCUT2D eigenvalue weighted by atomic mass is 9.86. The second-order valence-corrected chi connectivity index (χ2v) is 9.94. The molecule has 0 N–H and O–H groups in total. The molecule has 5 heteroatoms. The third-order valence-electron chi connectivity index (χ3n) is 7.96. The number of fused-ring (bicyclic) bond motifs is 2. The Morgan fingerprint density at radius 1 is 1.13 bits per heavy atom. The summed E-state index contributed by atoms with van der Waals surface area (Å²) in [6.45, 7) is 11.8. The van der Waals surface area contributed by atoms with Crippen molar-refractivity contribution in [3.63, 3.8) is 0 Å². The van der Waals surface area contributed by atoms with Crippen LogP contribution in [0.2, 0.25) is 0 Å². The molecular formula is C25H37N3O2. The van der Waals surface area contributed by atoms with E-state index >= 15 is 0 Å². The first-order valence-corrected chi connectivity index (χ1v) is 12.1. The van der Waals surface area contributed by atoms with Gasteiger partial charge in [-0.1, -0.05) is 30.7 Å². The molecule has 2 amide bonds. The van der Waals surface area contributed by atoms with E-state index in [0.717, 1.165) is 43.9 Å². The highest BCUT2D eigenvalue weighted by Crippen LogP contribution is 2.52. The van der Waals surface area contributed by atoms with E-state index in [-0.39, 0.29) is 6.03 Å². The predicted molar refractivity (Wildman–Crippen MR) is 119 cm³/mol. The molecule has 0 aromatic heterocycles. The first kappa shape index (κ1) is 20.3. The number of rotatable bonds is 5. The van der Waals surface area contributed by atoms with Gasteiger partial charge in [0.05, 0.1) is 13.2 Å². The lowest BCUT2D eigenvalue weighted by Gasteiger charge is -2.36. The topological polar surface area (TPSA) is 36.0 Å². The van der Waals surface area contributed by atoms with Gasteiger partial charge in [-0.3, -0.25) is 4.90 Å². The largest absolute Gasteiger partial charge is 0.378 e. The van der Waals surface area contributed by atoms with Gasteiger partial charge in [0, 0.05) is 38.8 Å². The molecule has 2 aliphatic heterocycles. The summed E-state index contributed by atoms with van der Waals surface area (Å²) in [6, 6.07) is 7.95. The van der Waals surface area contributed by atoms with Gasteiger partial charge < -0.3 is 14.5 Å². The van der Waals surface area contributed by atoms with Crippen molar-refractivity contribution < 1.29 is 9.53 Å². The van der Waals surface area contributed by atoms with Crippen molar-refractivity contribution in [1.29, 1.82) is 0 Å². The van der Waals surface area contributed by atoms with E-state index in [1.54, 1.807) is 11.1 Å². The van der Waals surface area contributed by atoms with E-state index < -0.39 is 0 Å². The van der Waals surface area contributed by atoms with Gasteiger partial charge in [-0.05, 0) is 68.0 Å². The van der Waals surface area contributed by atoms with Crippen molar-refractivity contribution in [3.05, 3.63) is 34.9 Å². The quantitative estimate of drug-likeness (QED) is 0.747. The van der Waals surface area contributed by atoms with Crippen LogP contribution in [0.4, 0.5) is 4.79 Å². The molecule has 2 unspecified atom stereocenters. The molecule has 1 aromatic carbocycles. The van der Waals surface area contributed by atoms with Crippen molar-refractivity contribution in [2.24, 2.45) is 17.8 Å². The van der Waals surface area contributed by atoms with E-state index in [2.05, 4.69) is 41.8 Å². The average Bonchev–Trinajstić information content (AvgIpc) is 3.20. The minimum absolute atomic E-state index is 0.244. The van der Waals surface area contributed by atoms with Crippen LogP contribution in [0.3, 0.4) is 0 Å². The summed E-state index contributed by atoms with van der Waals surface area (Å²) in [5.74, 6) is 2.25. The van der Waals surface area contributed by atoms with Gasteiger partial charge in [-0.15, -0.1) is 0 Å². The van der Waals surface area contributed by atoms with Crippen molar-refractivity contribution in [2.45, 2.75) is 45.6 Å². The van der Waals surface area contributed by atoms with Gasteiger partial charge in [-0.2, -0.15) is 0 Å². The van der Waals surface area contributed by atoms with Crippen molar-refractivity contribution in [2.75, 3.05) is 52.5 Å². The van der Waals surface area contributed by atoms with Gasteiger partial charge in [0.15, 0.2) is 0 Å². The molecule has 2 saturated heterocycles. The van der Waals surface area contributed by atoms with E-state index in [1.807, 2.05) is 4.90 Å². The van der Waals surface area contributed by atoms with Crippen LogP contribution in [-0.2, 0) is 17.6 Å². The minimum atomic E-state index is 0.244. The molecule has 0 bridgehead atoms. The molecule has 30 heavy (non-hydrogen) atoms. The molecule has 2 heterocycles. The summed E-state index contributed by atoms with van der Waals surface area (Å²) in [4.78, 5) is 19.7. The van der Waals surface area contributed by atoms with Gasteiger partial charge in [0.25, 0.3) is 0 Å². The minimum Gasteiger partial charge on any atom is -0.378 e. The van der Waals surface area contributed by atoms with Gasteiger partial charge in [0.1, 0.15) is 0 Å². The van der Waals surface area contributed by atoms with Crippen molar-refractivity contribution in [3.8, 4) is 0 Å². The average molecular weight is 412 g/mol. The SMILES string of the molecule is CCCN(CC1[C@H]2CN(C(=O)N3CCOCC3)C[C@@H]12)C1CCc2ccc(C)cc2C1. The van der Waals surface area contributed by atoms with Crippen LogP contribution in [0.5, 0.6) is 0 Å². The van der Waals surface area contributed by atoms with Crippen LogP contribution < -0.4 is 0 Å². The fourth-order valence-electron chi connectivity index (χ4n) is 6.19. The third-order valence-corrected chi connectivity index (χ3v) is 7.96. The van der Waals surface area contributed by atoms with Gasteiger partial charge in [0.2, 0.25) is 0 Å². The second kappa shape index (κ2) is 8.51. The number of carbonyl (C=O) groups is 1. The first-order valence-electron chi connectivity index (χ1n) is 12.1. The molecule has 2 aliphatic carbocycles. The molecule has 5 rings (SSSR count). The van der Waals surface area contributed by atoms with Gasteiger partial charge in [-0.25, -0.2) is 4.79 Å². The van der Waals surface area contributed by atoms with E-state index in [0.29, 0.717) is 19.3 Å². The fourth-order valence-corrected chi connectivity index (χ4v) is 6.19. The predicted octanol–water partition coefficient (Wildman–Crippen LogP) is 3.19. The van der Waals surface area contributed by atoms with Crippen LogP contribution in [-0.4, -0.2) is 79.3 Å².